The molecule has 0 radical (unpaired) electrons. The highest BCUT2D eigenvalue weighted by molar-refractivity contribution is 8.02. The maximum atomic E-state index is 12.5. The largest absolute Gasteiger partial charge is 0.357 e. The molecule has 0 spiro atoms. The van der Waals surface area contributed by atoms with E-state index in [2.05, 4.69) is 20.8 Å². The zero-order valence-electron chi connectivity index (χ0n) is 15.1. The summed E-state index contributed by atoms with van der Waals surface area (Å²) in [5.41, 5.74) is 1.11. The van der Waals surface area contributed by atoms with Gasteiger partial charge in [-0.25, -0.2) is 0 Å². The van der Waals surface area contributed by atoms with Gasteiger partial charge in [-0.1, -0.05) is 79.6 Å². The lowest BCUT2D eigenvalue weighted by atomic mass is 9.96. The topological polar surface area (TPSA) is 66.9 Å². The van der Waals surface area contributed by atoms with Crippen LogP contribution in [0.1, 0.15) is 51.0 Å². The minimum Gasteiger partial charge on any atom is -0.357 e. The van der Waals surface area contributed by atoms with Crippen LogP contribution in [-0.2, 0) is 11.3 Å². The number of nitrogens with one attached hydrogen (secondary N) is 2. The predicted molar refractivity (Wildman–Crippen MR) is 109 cm³/mol. The van der Waals surface area contributed by atoms with Gasteiger partial charge in [0.25, 0.3) is 0 Å². The van der Waals surface area contributed by atoms with Crippen molar-refractivity contribution in [3.63, 3.8) is 0 Å². The summed E-state index contributed by atoms with van der Waals surface area (Å²) in [6.45, 7) is 2.59. The lowest BCUT2D eigenvalue weighted by Crippen LogP contribution is -2.31. The van der Waals surface area contributed by atoms with Gasteiger partial charge in [0, 0.05) is 12.6 Å². The molecule has 5 nitrogen and oxygen atoms in total. The molecule has 1 aromatic carbocycles. The molecule has 0 bridgehead atoms. The molecule has 1 aromatic heterocycles. The summed E-state index contributed by atoms with van der Waals surface area (Å²) in [5.74, 6) is 0.0540. The maximum absolute atomic E-state index is 12.5. The molecule has 7 heteroatoms. The van der Waals surface area contributed by atoms with Gasteiger partial charge >= 0.3 is 0 Å². The molecule has 1 atom stereocenters. The molecule has 0 aliphatic heterocycles. The first-order valence-corrected chi connectivity index (χ1v) is 11.0. The number of anilines is 1. The number of aromatic nitrogens is 2. The Balaban J connectivity index is 1.50. The third-order valence-electron chi connectivity index (χ3n) is 4.56. The molecule has 1 aliphatic carbocycles. The van der Waals surface area contributed by atoms with Crippen molar-refractivity contribution in [2.45, 2.75) is 67.6 Å². The van der Waals surface area contributed by atoms with Gasteiger partial charge in [-0.2, -0.15) is 0 Å². The number of nitrogens with zero attached hydrogens (tertiary/aromatic N) is 2. The van der Waals surface area contributed by atoms with E-state index in [0.717, 1.165) is 21.5 Å². The van der Waals surface area contributed by atoms with Gasteiger partial charge in [0.1, 0.15) is 0 Å². The normalized spacial score (nSPS) is 16.2. The van der Waals surface area contributed by atoms with Crippen molar-refractivity contribution >= 4 is 34.1 Å². The van der Waals surface area contributed by atoms with Crippen molar-refractivity contribution in [3.05, 3.63) is 35.9 Å². The third kappa shape index (κ3) is 5.71. The molecule has 1 saturated carbocycles. The molecule has 1 unspecified atom stereocenters. The smallest absolute Gasteiger partial charge is 0.233 e. The van der Waals surface area contributed by atoms with E-state index in [-0.39, 0.29) is 11.2 Å². The zero-order valence-corrected chi connectivity index (χ0v) is 16.7. The monoisotopic (exact) mass is 390 g/mol. The van der Waals surface area contributed by atoms with Crippen molar-refractivity contribution < 1.29 is 4.79 Å². The Hall–Kier alpha value is -1.60. The highest BCUT2D eigenvalue weighted by Gasteiger charge is 2.21. The number of amides is 1. The second-order valence-corrected chi connectivity index (χ2v) is 9.00. The number of thioether (sulfide) groups is 1. The highest BCUT2D eigenvalue weighted by Crippen LogP contribution is 2.32. The van der Waals surface area contributed by atoms with E-state index in [1.807, 2.05) is 37.3 Å². The van der Waals surface area contributed by atoms with Crippen LogP contribution in [-0.4, -0.2) is 27.4 Å². The van der Waals surface area contributed by atoms with Gasteiger partial charge in [-0.3, -0.25) is 4.79 Å². The number of rotatable bonds is 8. The van der Waals surface area contributed by atoms with Gasteiger partial charge < -0.3 is 10.6 Å². The summed E-state index contributed by atoms with van der Waals surface area (Å²) in [6.07, 6.45) is 7.10. The van der Waals surface area contributed by atoms with E-state index in [1.165, 1.54) is 43.9 Å². The lowest BCUT2D eigenvalue weighted by Gasteiger charge is -2.21. The molecular formula is C19H26N4OS2. The summed E-state index contributed by atoms with van der Waals surface area (Å²) < 4.78 is 0.852. The molecule has 26 heavy (non-hydrogen) atoms. The van der Waals surface area contributed by atoms with Crippen molar-refractivity contribution in [2.75, 3.05) is 5.32 Å². The summed E-state index contributed by atoms with van der Waals surface area (Å²) in [6, 6.07) is 10.5. The van der Waals surface area contributed by atoms with Crippen LogP contribution in [0.4, 0.5) is 5.13 Å². The van der Waals surface area contributed by atoms with Crippen LogP contribution in [0.25, 0.3) is 0 Å². The summed E-state index contributed by atoms with van der Waals surface area (Å²) >= 11 is 3.06. The fourth-order valence-corrected chi connectivity index (χ4v) is 5.10. The molecule has 1 fully saturated rings. The highest BCUT2D eigenvalue weighted by atomic mass is 32.2. The molecule has 140 valence electrons. The first-order valence-electron chi connectivity index (χ1n) is 9.33. The average Bonchev–Trinajstić information content (AvgIpc) is 3.12. The predicted octanol–water partition coefficient (Wildman–Crippen LogP) is 4.47. The Bertz CT molecular complexity index is 686. The van der Waals surface area contributed by atoms with Crippen molar-refractivity contribution in [2.24, 2.45) is 0 Å². The Morgan fingerprint density at radius 1 is 1.23 bits per heavy atom. The number of hydrogen-bond acceptors (Lipinski definition) is 6. The second-order valence-electron chi connectivity index (χ2n) is 6.57. The van der Waals surface area contributed by atoms with E-state index in [9.17, 15) is 4.79 Å². The summed E-state index contributed by atoms with van der Waals surface area (Å²) in [5, 5.41) is 15.8. The Kier molecular flexibility index (Phi) is 7.32. The molecule has 3 rings (SSSR count). The zero-order chi connectivity index (χ0) is 18.2. The molecule has 2 aromatic rings. The summed E-state index contributed by atoms with van der Waals surface area (Å²) in [7, 11) is 0. The molecule has 1 aliphatic rings. The van der Waals surface area contributed by atoms with Gasteiger partial charge in [-0.15, -0.1) is 10.2 Å². The number of carbonyl (C=O) groups excluding carboxylic acids is 1. The van der Waals surface area contributed by atoms with Crippen LogP contribution >= 0.6 is 23.1 Å². The number of carbonyl (C=O) groups is 1. The van der Waals surface area contributed by atoms with Gasteiger partial charge in [0.05, 0.1) is 5.25 Å². The van der Waals surface area contributed by atoms with Crippen LogP contribution < -0.4 is 10.6 Å². The van der Waals surface area contributed by atoms with Crippen LogP contribution in [0, 0.1) is 0 Å². The summed E-state index contributed by atoms with van der Waals surface area (Å²) in [4.78, 5) is 12.5. The van der Waals surface area contributed by atoms with E-state index in [4.69, 9.17) is 0 Å². The minimum absolute atomic E-state index is 0.0540. The first-order chi connectivity index (χ1) is 12.7. The van der Waals surface area contributed by atoms with E-state index in [1.54, 1.807) is 11.3 Å². The van der Waals surface area contributed by atoms with Crippen LogP contribution in [0.2, 0.25) is 0 Å². The van der Waals surface area contributed by atoms with Gasteiger partial charge in [0.15, 0.2) is 4.34 Å². The van der Waals surface area contributed by atoms with E-state index >= 15 is 0 Å². The third-order valence-corrected chi connectivity index (χ3v) is 6.86. The lowest BCUT2D eigenvalue weighted by molar-refractivity contribution is -0.120. The van der Waals surface area contributed by atoms with Crippen molar-refractivity contribution in [1.82, 2.24) is 15.5 Å². The van der Waals surface area contributed by atoms with E-state index < -0.39 is 0 Å². The second kappa shape index (κ2) is 9.92. The van der Waals surface area contributed by atoms with Crippen LogP contribution in [0.5, 0.6) is 0 Å². The Morgan fingerprint density at radius 2 is 2.00 bits per heavy atom. The van der Waals surface area contributed by atoms with Crippen LogP contribution in [0.3, 0.4) is 0 Å². The molecule has 1 heterocycles. The fraction of sp³-hybridized carbons (Fsp3) is 0.526. The Labute approximate surface area is 163 Å². The van der Waals surface area contributed by atoms with Crippen LogP contribution in [0.15, 0.2) is 34.7 Å². The first kappa shape index (κ1) is 19.2. The molecule has 0 saturated heterocycles. The number of benzene rings is 1. The standard InChI is InChI=1S/C19H26N4OS2/c1-2-16(17(24)20-13-14-9-5-3-6-10-14)25-19-23-22-18(26-19)21-15-11-7-4-8-12-15/h3,5-6,9-10,15-16H,2,4,7-8,11-13H2,1H3,(H,20,24)(H,21,22). The Morgan fingerprint density at radius 3 is 2.73 bits per heavy atom. The number of hydrogen-bond donors (Lipinski definition) is 2. The minimum atomic E-state index is -0.144. The molecular weight excluding hydrogens is 364 g/mol. The van der Waals surface area contributed by atoms with Gasteiger partial charge in [-0.05, 0) is 24.8 Å². The molecule has 2 N–H and O–H groups in total. The average molecular weight is 391 g/mol. The SMILES string of the molecule is CCC(Sc1nnc(NC2CCCCC2)s1)C(=O)NCc1ccccc1. The molecule has 1 amide bonds. The fourth-order valence-electron chi connectivity index (χ4n) is 3.08. The van der Waals surface area contributed by atoms with Crippen molar-refractivity contribution in [1.29, 1.82) is 0 Å². The quantitative estimate of drug-likeness (QED) is 0.651. The maximum Gasteiger partial charge on any atom is 0.233 e. The van der Waals surface area contributed by atoms with Crippen molar-refractivity contribution in [3.8, 4) is 0 Å². The van der Waals surface area contributed by atoms with Gasteiger partial charge in [0.2, 0.25) is 11.0 Å². The van der Waals surface area contributed by atoms with E-state index in [0.29, 0.717) is 12.6 Å².